The van der Waals surface area contributed by atoms with Crippen LogP contribution in [0.3, 0.4) is 0 Å². The van der Waals surface area contributed by atoms with E-state index in [-0.39, 0.29) is 5.76 Å². The van der Waals surface area contributed by atoms with Gasteiger partial charge in [0.25, 0.3) is 0 Å². The van der Waals surface area contributed by atoms with Gasteiger partial charge in [-0.05, 0) is 31.6 Å². The molecule has 0 atom stereocenters. The number of aldehydes is 1. The second-order valence-electron chi connectivity index (χ2n) is 3.39. The number of ether oxygens (including phenoxy) is 2. The third-order valence-corrected chi connectivity index (χ3v) is 2.08. The second kappa shape index (κ2) is 9.81. The Morgan fingerprint density at radius 1 is 1.35 bits per heavy atom. The zero-order valence-corrected chi connectivity index (χ0v) is 10.6. The minimum absolute atomic E-state index is 0.114. The number of hydrogen-bond acceptors (Lipinski definition) is 4. The van der Waals surface area contributed by atoms with Crippen molar-refractivity contribution in [3.63, 3.8) is 0 Å². The van der Waals surface area contributed by atoms with Gasteiger partial charge in [-0.3, -0.25) is 4.79 Å². The highest BCUT2D eigenvalue weighted by atomic mass is 16.5. The van der Waals surface area contributed by atoms with Crippen LogP contribution in [0.5, 0.6) is 0 Å². The van der Waals surface area contributed by atoms with Crippen LogP contribution in [0.15, 0.2) is 35.1 Å². The lowest BCUT2D eigenvalue weighted by atomic mass is 10.1. The molecule has 0 aliphatic rings. The number of aliphatic hydroxyl groups excluding tert-OH is 1. The van der Waals surface area contributed by atoms with Crippen LogP contribution in [0.2, 0.25) is 0 Å². The average Bonchev–Trinajstić information content (AvgIpc) is 2.35. The van der Waals surface area contributed by atoms with Gasteiger partial charge in [0, 0.05) is 12.7 Å². The molecule has 0 aliphatic carbocycles. The van der Waals surface area contributed by atoms with Gasteiger partial charge in [0.05, 0.1) is 19.8 Å². The lowest BCUT2D eigenvalue weighted by molar-refractivity contribution is -0.104. The number of carbonyl (C=O) groups is 1. The van der Waals surface area contributed by atoms with E-state index in [1.54, 1.807) is 39.2 Å². The molecule has 0 fully saturated rings. The first-order valence-corrected chi connectivity index (χ1v) is 5.41. The molecule has 0 spiro atoms. The molecule has 0 aromatic carbocycles. The van der Waals surface area contributed by atoms with Crippen LogP contribution in [0.1, 0.15) is 13.8 Å². The monoisotopic (exact) mass is 240 g/mol. The van der Waals surface area contributed by atoms with Crippen molar-refractivity contribution in [2.75, 3.05) is 26.9 Å². The van der Waals surface area contributed by atoms with Crippen molar-refractivity contribution in [1.82, 2.24) is 0 Å². The molecule has 4 heteroatoms. The van der Waals surface area contributed by atoms with Gasteiger partial charge in [0.15, 0.2) is 0 Å². The Labute approximate surface area is 102 Å². The van der Waals surface area contributed by atoms with Crippen LogP contribution in [-0.2, 0) is 14.3 Å². The third-order valence-electron chi connectivity index (χ3n) is 2.08. The topological polar surface area (TPSA) is 55.8 Å². The van der Waals surface area contributed by atoms with Gasteiger partial charge in [-0.25, -0.2) is 0 Å². The maximum absolute atomic E-state index is 10.6. The molecule has 0 heterocycles. The minimum Gasteiger partial charge on any atom is -0.508 e. The summed E-state index contributed by atoms with van der Waals surface area (Å²) in [4.78, 5) is 10.6. The first-order valence-electron chi connectivity index (χ1n) is 5.41. The lowest BCUT2D eigenvalue weighted by Crippen LogP contribution is -2.02. The molecular weight excluding hydrogens is 220 g/mol. The maximum atomic E-state index is 10.6. The molecule has 17 heavy (non-hydrogen) atoms. The van der Waals surface area contributed by atoms with Gasteiger partial charge >= 0.3 is 0 Å². The fraction of sp³-hybridized carbons (Fsp3) is 0.462. The number of carbonyl (C=O) groups excluding carboxylic acids is 1. The fourth-order valence-electron chi connectivity index (χ4n) is 1.03. The van der Waals surface area contributed by atoms with E-state index in [9.17, 15) is 9.90 Å². The minimum atomic E-state index is 0.114. The van der Waals surface area contributed by atoms with E-state index in [1.807, 2.05) is 0 Å². The number of rotatable bonds is 8. The average molecular weight is 240 g/mol. The Morgan fingerprint density at radius 3 is 2.59 bits per heavy atom. The van der Waals surface area contributed by atoms with Crippen LogP contribution in [0.4, 0.5) is 0 Å². The van der Waals surface area contributed by atoms with Crippen LogP contribution in [0.25, 0.3) is 0 Å². The largest absolute Gasteiger partial charge is 0.508 e. The summed E-state index contributed by atoms with van der Waals surface area (Å²) in [5, 5.41) is 9.65. The first kappa shape index (κ1) is 15.6. The van der Waals surface area contributed by atoms with Crippen molar-refractivity contribution in [3.05, 3.63) is 35.1 Å². The molecule has 0 amide bonds. The number of hydrogen-bond donors (Lipinski definition) is 1. The predicted octanol–water partition coefficient (Wildman–Crippen LogP) is 2.18. The van der Waals surface area contributed by atoms with Crippen molar-refractivity contribution < 1.29 is 19.4 Å². The summed E-state index contributed by atoms with van der Waals surface area (Å²) in [5.74, 6) is 0.114. The molecule has 0 saturated heterocycles. The Hall–Kier alpha value is -1.39. The summed E-state index contributed by atoms with van der Waals surface area (Å²) < 4.78 is 9.99. The number of methoxy groups -OCH3 is 1. The lowest BCUT2D eigenvalue weighted by Gasteiger charge is -2.02. The summed E-state index contributed by atoms with van der Waals surface area (Å²) in [6.45, 7) is 4.82. The van der Waals surface area contributed by atoms with Crippen LogP contribution in [0, 0.1) is 0 Å². The molecular formula is C13H20O4. The Bertz CT molecular complexity index is 313. The van der Waals surface area contributed by atoms with Gasteiger partial charge < -0.3 is 14.6 Å². The summed E-state index contributed by atoms with van der Waals surface area (Å²) >= 11 is 0. The molecule has 4 nitrogen and oxygen atoms in total. The van der Waals surface area contributed by atoms with Gasteiger partial charge in [-0.2, -0.15) is 0 Å². The zero-order chi connectivity index (χ0) is 13.1. The molecule has 0 aliphatic heterocycles. The van der Waals surface area contributed by atoms with Gasteiger partial charge in [0.2, 0.25) is 0 Å². The smallest absolute Gasteiger partial charge is 0.149 e. The predicted molar refractivity (Wildman–Crippen MR) is 67.0 cm³/mol. The van der Waals surface area contributed by atoms with Crippen molar-refractivity contribution in [1.29, 1.82) is 0 Å². The first-order chi connectivity index (χ1) is 8.15. The van der Waals surface area contributed by atoms with Crippen molar-refractivity contribution in [2.24, 2.45) is 0 Å². The van der Waals surface area contributed by atoms with Crippen LogP contribution >= 0.6 is 0 Å². The summed E-state index contributed by atoms with van der Waals surface area (Å²) in [6, 6.07) is 0. The molecule has 0 rings (SSSR count). The second-order valence-corrected chi connectivity index (χ2v) is 3.39. The summed E-state index contributed by atoms with van der Waals surface area (Å²) in [5.41, 5.74) is 1.16. The highest BCUT2D eigenvalue weighted by molar-refractivity contribution is 5.77. The molecule has 0 aromatic heterocycles. The maximum Gasteiger partial charge on any atom is 0.149 e. The standard InChI is InChI=1S/C13H20O4/c1-4-12(10-14)9-11(2)13(15)5-6-17-8-7-16-3/h4-5,9-10,15H,6-8H2,1-3H3/b11-9-,12-4+,13-5-. The van der Waals surface area contributed by atoms with E-state index >= 15 is 0 Å². The van der Waals surface area contributed by atoms with E-state index in [0.717, 1.165) is 6.29 Å². The SMILES string of the molecule is C\C=C(C=O)/C=C(C)\C(O)=C\COCCOC. The number of allylic oxidation sites excluding steroid dienone is 4. The Morgan fingerprint density at radius 2 is 2.06 bits per heavy atom. The van der Waals surface area contributed by atoms with Crippen molar-refractivity contribution >= 4 is 6.29 Å². The fourth-order valence-corrected chi connectivity index (χ4v) is 1.03. The molecule has 96 valence electrons. The molecule has 1 N–H and O–H groups in total. The van der Waals surface area contributed by atoms with Crippen LogP contribution in [-0.4, -0.2) is 38.3 Å². The molecule has 0 aromatic rings. The quantitative estimate of drug-likeness (QED) is 0.232. The van der Waals surface area contributed by atoms with Gasteiger partial charge in [-0.1, -0.05) is 6.08 Å². The van der Waals surface area contributed by atoms with Crippen LogP contribution < -0.4 is 0 Å². The van der Waals surface area contributed by atoms with E-state index in [1.165, 1.54) is 0 Å². The van der Waals surface area contributed by atoms with E-state index in [0.29, 0.717) is 31.0 Å². The summed E-state index contributed by atoms with van der Waals surface area (Å²) in [7, 11) is 1.60. The van der Waals surface area contributed by atoms with Gasteiger partial charge in [0.1, 0.15) is 12.0 Å². The van der Waals surface area contributed by atoms with E-state index in [2.05, 4.69) is 0 Å². The van der Waals surface area contributed by atoms with E-state index < -0.39 is 0 Å². The Kier molecular flexibility index (Phi) is 9.01. The zero-order valence-electron chi connectivity index (χ0n) is 10.6. The third kappa shape index (κ3) is 7.49. The van der Waals surface area contributed by atoms with E-state index in [4.69, 9.17) is 9.47 Å². The normalized spacial score (nSPS) is 13.9. The van der Waals surface area contributed by atoms with Crippen molar-refractivity contribution in [3.8, 4) is 0 Å². The van der Waals surface area contributed by atoms with Gasteiger partial charge in [-0.15, -0.1) is 0 Å². The molecule has 0 unspecified atom stereocenters. The number of aliphatic hydroxyl groups is 1. The highest BCUT2D eigenvalue weighted by Crippen LogP contribution is 2.08. The van der Waals surface area contributed by atoms with Crippen molar-refractivity contribution in [2.45, 2.75) is 13.8 Å². The molecule has 0 saturated carbocycles. The summed E-state index contributed by atoms with van der Waals surface area (Å²) in [6.07, 6.45) is 5.60. The Balaban J connectivity index is 4.24. The molecule has 0 bridgehead atoms. The highest BCUT2D eigenvalue weighted by Gasteiger charge is 1.98. The molecule has 0 radical (unpaired) electrons.